The van der Waals surface area contributed by atoms with E-state index in [2.05, 4.69) is 10.6 Å². The summed E-state index contributed by atoms with van der Waals surface area (Å²) in [4.78, 5) is 36.9. The number of hydrogen-bond donors (Lipinski definition) is 2. The van der Waals surface area contributed by atoms with Crippen molar-refractivity contribution in [2.75, 3.05) is 13.2 Å². The van der Waals surface area contributed by atoms with E-state index in [1.165, 1.54) is 0 Å². The van der Waals surface area contributed by atoms with Crippen molar-refractivity contribution in [2.45, 2.75) is 20.0 Å². The Morgan fingerprint density at radius 1 is 0.963 bits per heavy atom. The predicted molar refractivity (Wildman–Crippen MR) is 99.4 cm³/mol. The van der Waals surface area contributed by atoms with Gasteiger partial charge in [-0.3, -0.25) is 10.1 Å². The van der Waals surface area contributed by atoms with Gasteiger partial charge < -0.3 is 14.8 Å². The molecule has 2 aromatic carbocycles. The Morgan fingerprint density at radius 3 is 2.30 bits per heavy atom. The van der Waals surface area contributed by atoms with Gasteiger partial charge >= 0.3 is 12.0 Å². The quantitative estimate of drug-likeness (QED) is 0.731. The van der Waals surface area contributed by atoms with Gasteiger partial charge in [-0.05, 0) is 26.0 Å². The summed E-state index contributed by atoms with van der Waals surface area (Å²) < 4.78 is 10.9. The lowest BCUT2D eigenvalue weighted by Crippen LogP contribution is -2.42. The molecule has 7 heteroatoms. The van der Waals surface area contributed by atoms with Crippen LogP contribution in [0.1, 0.15) is 35.9 Å². The van der Waals surface area contributed by atoms with E-state index in [1.54, 1.807) is 68.4 Å². The van der Waals surface area contributed by atoms with Crippen LogP contribution in [-0.4, -0.2) is 31.1 Å². The monoisotopic (exact) mass is 370 g/mol. The molecule has 0 radical (unpaired) electrons. The number of ether oxygens (including phenoxy) is 2. The molecule has 1 atom stereocenters. The molecule has 0 aliphatic rings. The largest absolute Gasteiger partial charge is 0.493 e. The second-order valence-electron chi connectivity index (χ2n) is 5.47. The highest BCUT2D eigenvalue weighted by atomic mass is 16.6. The van der Waals surface area contributed by atoms with E-state index in [9.17, 15) is 14.4 Å². The number of hydrogen-bond acceptors (Lipinski definition) is 5. The van der Waals surface area contributed by atoms with Crippen molar-refractivity contribution in [2.24, 2.45) is 0 Å². The minimum atomic E-state index is -1.28. The molecule has 142 valence electrons. The minimum Gasteiger partial charge on any atom is -0.493 e. The highest BCUT2D eigenvalue weighted by Gasteiger charge is 2.28. The predicted octanol–water partition coefficient (Wildman–Crippen LogP) is 2.83. The first-order chi connectivity index (χ1) is 13.1. The van der Waals surface area contributed by atoms with E-state index in [0.29, 0.717) is 24.5 Å². The lowest BCUT2D eigenvalue weighted by Gasteiger charge is -2.18. The van der Waals surface area contributed by atoms with Crippen molar-refractivity contribution in [1.29, 1.82) is 0 Å². The van der Waals surface area contributed by atoms with Gasteiger partial charge in [0.15, 0.2) is 0 Å². The molecule has 0 bridgehead atoms. The molecule has 0 aliphatic carbocycles. The number of rotatable bonds is 7. The Hall–Kier alpha value is -3.35. The third-order valence-electron chi connectivity index (χ3n) is 3.55. The Balaban J connectivity index is 2.25. The van der Waals surface area contributed by atoms with E-state index in [4.69, 9.17) is 9.47 Å². The van der Waals surface area contributed by atoms with Crippen LogP contribution >= 0.6 is 0 Å². The molecule has 0 saturated carbocycles. The zero-order chi connectivity index (χ0) is 19.6. The molecule has 2 aromatic rings. The van der Waals surface area contributed by atoms with Crippen LogP contribution in [0.5, 0.6) is 5.75 Å². The van der Waals surface area contributed by atoms with E-state index >= 15 is 0 Å². The summed E-state index contributed by atoms with van der Waals surface area (Å²) in [6, 6.07) is 14.4. The first kappa shape index (κ1) is 20.0. The molecule has 27 heavy (non-hydrogen) atoms. The van der Waals surface area contributed by atoms with Gasteiger partial charge in [-0.25, -0.2) is 9.59 Å². The first-order valence-corrected chi connectivity index (χ1v) is 8.63. The van der Waals surface area contributed by atoms with Crippen molar-refractivity contribution < 1.29 is 23.9 Å². The van der Waals surface area contributed by atoms with Gasteiger partial charge in [-0.2, -0.15) is 0 Å². The highest BCUT2D eigenvalue weighted by molar-refractivity contribution is 5.99. The lowest BCUT2D eigenvalue weighted by atomic mass is 10.1. The molecule has 0 saturated heterocycles. The Morgan fingerprint density at radius 2 is 1.63 bits per heavy atom. The fraction of sp³-hybridized carbons (Fsp3) is 0.250. The van der Waals surface area contributed by atoms with Crippen LogP contribution in [0.15, 0.2) is 54.6 Å². The van der Waals surface area contributed by atoms with Gasteiger partial charge in [-0.15, -0.1) is 0 Å². The number of urea groups is 1. The van der Waals surface area contributed by atoms with Crippen LogP contribution in [-0.2, 0) is 9.53 Å². The molecule has 7 nitrogen and oxygen atoms in total. The van der Waals surface area contributed by atoms with Gasteiger partial charge in [0.25, 0.3) is 5.91 Å². The maximum absolute atomic E-state index is 12.7. The van der Waals surface area contributed by atoms with Crippen LogP contribution in [0, 0.1) is 0 Å². The third kappa shape index (κ3) is 5.57. The summed E-state index contributed by atoms with van der Waals surface area (Å²) in [6.07, 6.45) is -1.28. The maximum Gasteiger partial charge on any atom is 0.343 e. The number of amides is 3. The zero-order valence-corrected chi connectivity index (χ0v) is 15.2. The van der Waals surface area contributed by atoms with Gasteiger partial charge in [0.05, 0.1) is 6.61 Å². The Bertz CT molecular complexity index is 792. The molecular formula is C20H22N2O5. The van der Waals surface area contributed by atoms with Crippen LogP contribution in [0.25, 0.3) is 0 Å². The number of carbonyl (C=O) groups excluding carboxylic acids is 3. The lowest BCUT2D eigenvalue weighted by molar-refractivity contribution is -0.129. The van der Waals surface area contributed by atoms with Gasteiger partial charge in [0.2, 0.25) is 6.10 Å². The van der Waals surface area contributed by atoms with Gasteiger partial charge in [0, 0.05) is 12.1 Å². The number of carbonyl (C=O) groups is 3. The molecule has 0 aliphatic heterocycles. The van der Waals surface area contributed by atoms with E-state index in [-0.39, 0.29) is 5.56 Å². The molecule has 2 N–H and O–H groups in total. The minimum absolute atomic E-state index is 0.200. The van der Waals surface area contributed by atoms with Crippen molar-refractivity contribution in [3.63, 3.8) is 0 Å². The Kier molecular flexibility index (Phi) is 7.37. The van der Waals surface area contributed by atoms with Crippen LogP contribution in [0.4, 0.5) is 4.79 Å². The van der Waals surface area contributed by atoms with Crippen LogP contribution in [0.3, 0.4) is 0 Å². The summed E-state index contributed by atoms with van der Waals surface area (Å²) in [7, 11) is 0. The molecular weight excluding hydrogens is 348 g/mol. The molecule has 0 aromatic heterocycles. The number of benzene rings is 2. The number of imide groups is 1. The van der Waals surface area contributed by atoms with E-state index in [1.807, 2.05) is 0 Å². The Labute approximate surface area is 157 Å². The average molecular weight is 370 g/mol. The molecule has 0 heterocycles. The molecule has 0 unspecified atom stereocenters. The SMILES string of the molecule is CCNC(=O)NC(=O)[C@H](OC(=O)c1ccccc1OCC)c1ccccc1. The number of esters is 1. The number of nitrogens with one attached hydrogen (secondary N) is 2. The average Bonchev–Trinajstić information content (AvgIpc) is 2.67. The summed E-state index contributed by atoms with van der Waals surface area (Å²) >= 11 is 0. The summed E-state index contributed by atoms with van der Waals surface area (Å²) in [5.74, 6) is -1.10. The van der Waals surface area contributed by atoms with Crippen LogP contribution < -0.4 is 15.4 Å². The molecule has 3 amide bonds. The van der Waals surface area contributed by atoms with Crippen molar-refractivity contribution in [3.8, 4) is 5.75 Å². The molecule has 0 spiro atoms. The van der Waals surface area contributed by atoms with Gasteiger partial charge in [-0.1, -0.05) is 42.5 Å². The van der Waals surface area contributed by atoms with Crippen molar-refractivity contribution in [3.05, 3.63) is 65.7 Å². The standard InChI is InChI=1S/C20H22N2O5/c1-3-21-20(25)22-18(23)17(14-10-6-5-7-11-14)27-19(24)15-12-8-9-13-16(15)26-4-2/h5-13,17H,3-4H2,1-2H3,(H2,21,22,23,25)/t17-/m1/s1. The van der Waals surface area contributed by atoms with E-state index < -0.39 is 24.0 Å². The highest BCUT2D eigenvalue weighted by Crippen LogP contribution is 2.24. The fourth-order valence-corrected chi connectivity index (χ4v) is 2.37. The van der Waals surface area contributed by atoms with Crippen molar-refractivity contribution in [1.82, 2.24) is 10.6 Å². The summed E-state index contributed by atoms with van der Waals surface area (Å²) in [5.41, 5.74) is 0.646. The normalized spacial score (nSPS) is 11.2. The second-order valence-corrected chi connectivity index (χ2v) is 5.47. The van der Waals surface area contributed by atoms with Crippen molar-refractivity contribution >= 4 is 17.9 Å². The molecule has 2 rings (SSSR count). The van der Waals surface area contributed by atoms with Crippen LogP contribution in [0.2, 0.25) is 0 Å². The van der Waals surface area contributed by atoms with E-state index in [0.717, 1.165) is 0 Å². The van der Waals surface area contributed by atoms with Gasteiger partial charge in [0.1, 0.15) is 11.3 Å². The summed E-state index contributed by atoms with van der Waals surface area (Å²) in [6.45, 7) is 4.26. The topological polar surface area (TPSA) is 93.7 Å². The third-order valence-corrected chi connectivity index (χ3v) is 3.55. The maximum atomic E-state index is 12.7. The summed E-state index contributed by atoms with van der Waals surface area (Å²) in [5, 5.41) is 4.64. The fourth-order valence-electron chi connectivity index (χ4n) is 2.37. The molecule has 0 fully saturated rings. The second kappa shape index (κ2) is 9.96. The zero-order valence-electron chi connectivity index (χ0n) is 15.2. The first-order valence-electron chi connectivity index (χ1n) is 8.63. The smallest absolute Gasteiger partial charge is 0.343 e. The number of para-hydroxylation sites is 1.